The van der Waals surface area contributed by atoms with Gasteiger partial charge in [-0.1, -0.05) is 60.7 Å². The molecule has 1 saturated heterocycles. The molecule has 1 atom stereocenters. The summed E-state index contributed by atoms with van der Waals surface area (Å²) >= 11 is 0. The molecule has 32 heavy (non-hydrogen) atoms. The molecule has 1 aromatic heterocycles. The molecule has 0 saturated carbocycles. The predicted octanol–water partition coefficient (Wildman–Crippen LogP) is 5.20. The Balaban J connectivity index is 1.48. The molecule has 2 heterocycles. The molecule has 1 unspecified atom stereocenters. The molecule has 4 nitrogen and oxygen atoms in total. The Kier molecular flexibility index (Phi) is 6.42. The predicted molar refractivity (Wildman–Crippen MR) is 130 cm³/mol. The van der Waals surface area contributed by atoms with Crippen LogP contribution in [0.2, 0.25) is 0 Å². The van der Waals surface area contributed by atoms with Crippen molar-refractivity contribution in [3.63, 3.8) is 0 Å². The van der Waals surface area contributed by atoms with Crippen molar-refractivity contribution in [2.45, 2.75) is 19.1 Å². The van der Waals surface area contributed by atoms with Crippen LogP contribution >= 0.6 is 0 Å². The number of rotatable bonds is 6. The summed E-state index contributed by atoms with van der Waals surface area (Å²) in [4.78, 5) is 7.34. The first-order valence-electron chi connectivity index (χ1n) is 11.4. The maximum Gasteiger partial charge on any atom is 0.120 e. The summed E-state index contributed by atoms with van der Waals surface area (Å²) in [5.74, 6) is 0.901. The second kappa shape index (κ2) is 9.94. The van der Waals surface area contributed by atoms with E-state index in [0.29, 0.717) is 6.61 Å². The lowest BCUT2D eigenvalue weighted by molar-refractivity contribution is 0.240. The molecule has 3 aromatic carbocycles. The maximum atomic E-state index is 6.15. The van der Waals surface area contributed by atoms with Gasteiger partial charge in [0.15, 0.2) is 0 Å². The molecule has 1 aliphatic heterocycles. The lowest BCUT2D eigenvalue weighted by atomic mass is 9.96. The van der Waals surface area contributed by atoms with Gasteiger partial charge in [0.25, 0.3) is 0 Å². The molecule has 4 heteroatoms. The van der Waals surface area contributed by atoms with Crippen LogP contribution in [0.3, 0.4) is 0 Å². The zero-order valence-electron chi connectivity index (χ0n) is 18.3. The Morgan fingerprint density at radius 3 is 2.66 bits per heavy atom. The molecule has 162 valence electrons. The van der Waals surface area contributed by atoms with Crippen molar-refractivity contribution in [1.29, 1.82) is 0 Å². The third-order valence-corrected chi connectivity index (χ3v) is 6.09. The molecule has 5 rings (SSSR count). The number of para-hydroxylation sites is 1. The Hall–Kier alpha value is -3.21. The first kappa shape index (κ1) is 20.7. The first-order chi connectivity index (χ1) is 15.9. The first-order valence-corrected chi connectivity index (χ1v) is 11.4. The number of nitrogens with zero attached hydrogens (tertiary/aromatic N) is 2. The number of hydrogen-bond donors (Lipinski definition) is 1. The quantitative estimate of drug-likeness (QED) is 0.463. The molecule has 0 spiro atoms. The largest absolute Gasteiger partial charge is 0.489 e. The van der Waals surface area contributed by atoms with Gasteiger partial charge in [0.05, 0.1) is 11.6 Å². The van der Waals surface area contributed by atoms with E-state index in [0.717, 1.165) is 43.9 Å². The lowest BCUT2D eigenvalue weighted by Gasteiger charge is -2.31. The van der Waals surface area contributed by atoms with Gasteiger partial charge >= 0.3 is 0 Å². The standard InChI is InChI=1S/C28H29N3O/c1-2-8-22(9-3-1)21-32-26-12-6-11-24(19-26)28(31-16-7-14-29-15-17-31)25-18-23-10-4-5-13-27(23)30-20-25/h1-6,8-13,18-20,28-29H,7,14-17,21H2. The Labute approximate surface area is 189 Å². The molecule has 0 aliphatic carbocycles. The number of pyridine rings is 1. The molecule has 1 fully saturated rings. The fraction of sp³-hybridized carbons (Fsp3) is 0.250. The summed E-state index contributed by atoms with van der Waals surface area (Å²) in [6.45, 7) is 4.70. The van der Waals surface area contributed by atoms with Gasteiger partial charge in [-0.2, -0.15) is 0 Å². The summed E-state index contributed by atoms with van der Waals surface area (Å²) in [6.07, 6.45) is 3.19. The Bertz CT molecular complexity index is 1150. The van der Waals surface area contributed by atoms with Crippen LogP contribution in [0.4, 0.5) is 0 Å². The third kappa shape index (κ3) is 4.82. The second-order valence-electron chi connectivity index (χ2n) is 8.35. The Morgan fingerprint density at radius 2 is 1.72 bits per heavy atom. The van der Waals surface area contributed by atoms with Gasteiger partial charge in [0.2, 0.25) is 0 Å². The molecular formula is C28H29N3O. The van der Waals surface area contributed by atoms with E-state index in [1.165, 1.54) is 22.1 Å². The number of fused-ring (bicyclic) bond motifs is 1. The summed E-state index contributed by atoms with van der Waals surface area (Å²) in [7, 11) is 0. The van der Waals surface area contributed by atoms with E-state index in [1.54, 1.807) is 0 Å². The van der Waals surface area contributed by atoms with Crippen molar-refractivity contribution in [2.24, 2.45) is 0 Å². The average Bonchev–Trinajstić information content (AvgIpc) is 3.13. The van der Waals surface area contributed by atoms with E-state index in [4.69, 9.17) is 9.72 Å². The molecule has 1 N–H and O–H groups in total. The summed E-state index contributed by atoms with van der Waals surface area (Å²) < 4.78 is 6.15. The molecule has 0 bridgehead atoms. The van der Waals surface area contributed by atoms with E-state index in [9.17, 15) is 0 Å². The zero-order chi connectivity index (χ0) is 21.6. The van der Waals surface area contributed by atoms with Gasteiger partial charge < -0.3 is 10.1 Å². The van der Waals surface area contributed by atoms with Crippen molar-refractivity contribution in [1.82, 2.24) is 15.2 Å². The van der Waals surface area contributed by atoms with E-state index in [2.05, 4.69) is 64.8 Å². The number of benzene rings is 3. The van der Waals surface area contributed by atoms with Gasteiger partial charge in [-0.05, 0) is 53.9 Å². The smallest absolute Gasteiger partial charge is 0.120 e. The van der Waals surface area contributed by atoms with Crippen LogP contribution < -0.4 is 10.1 Å². The number of hydrogen-bond acceptors (Lipinski definition) is 4. The minimum absolute atomic E-state index is 0.146. The van der Waals surface area contributed by atoms with Crippen molar-refractivity contribution >= 4 is 10.9 Å². The molecule has 0 amide bonds. The second-order valence-corrected chi connectivity index (χ2v) is 8.35. The van der Waals surface area contributed by atoms with Gasteiger partial charge in [-0.15, -0.1) is 0 Å². The minimum atomic E-state index is 0.146. The van der Waals surface area contributed by atoms with E-state index in [1.807, 2.05) is 36.5 Å². The van der Waals surface area contributed by atoms with E-state index in [-0.39, 0.29) is 6.04 Å². The van der Waals surface area contributed by atoms with E-state index < -0.39 is 0 Å². The van der Waals surface area contributed by atoms with Crippen LogP contribution in [0, 0.1) is 0 Å². The Morgan fingerprint density at radius 1 is 0.844 bits per heavy atom. The van der Waals surface area contributed by atoms with Gasteiger partial charge in [0, 0.05) is 31.2 Å². The number of nitrogens with one attached hydrogen (secondary N) is 1. The molecular weight excluding hydrogens is 394 g/mol. The lowest BCUT2D eigenvalue weighted by Crippen LogP contribution is -2.33. The summed E-state index contributed by atoms with van der Waals surface area (Å²) in [6, 6.07) is 29.7. The zero-order valence-corrected chi connectivity index (χ0v) is 18.3. The van der Waals surface area contributed by atoms with Crippen LogP contribution in [0.1, 0.15) is 29.2 Å². The minimum Gasteiger partial charge on any atom is -0.489 e. The normalized spacial score (nSPS) is 15.9. The van der Waals surface area contributed by atoms with Crippen LogP contribution in [0.25, 0.3) is 10.9 Å². The number of aromatic nitrogens is 1. The number of ether oxygens (including phenoxy) is 1. The van der Waals surface area contributed by atoms with Crippen LogP contribution in [-0.4, -0.2) is 36.1 Å². The monoisotopic (exact) mass is 423 g/mol. The maximum absolute atomic E-state index is 6.15. The summed E-state index contributed by atoms with van der Waals surface area (Å²) in [5, 5.41) is 4.71. The van der Waals surface area contributed by atoms with Gasteiger partial charge in [0.1, 0.15) is 12.4 Å². The highest BCUT2D eigenvalue weighted by Gasteiger charge is 2.24. The van der Waals surface area contributed by atoms with Gasteiger partial charge in [-0.3, -0.25) is 9.88 Å². The van der Waals surface area contributed by atoms with E-state index >= 15 is 0 Å². The van der Waals surface area contributed by atoms with Gasteiger partial charge in [-0.25, -0.2) is 0 Å². The van der Waals surface area contributed by atoms with Crippen molar-refractivity contribution in [3.05, 3.63) is 108 Å². The van der Waals surface area contributed by atoms with Crippen molar-refractivity contribution in [2.75, 3.05) is 26.2 Å². The highest BCUT2D eigenvalue weighted by molar-refractivity contribution is 5.79. The summed E-state index contributed by atoms with van der Waals surface area (Å²) in [5.41, 5.74) is 4.68. The van der Waals surface area contributed by atoms with Crippen LogP contribution in [-0.2, 0) is 6.61 Å². The molecule has 1 aliphatic rings. The fourth-order valence-electron chi connectivity index (χ4n) is 4.49. The van der Waals surface area contributed by atoms with Crippen LogP contribution in [0.15, 0.2) is 91.1 Å². The highest BCUT2D eigenvalue weighted by atomic mass is 16.5. The third-order valence-electron chi connectivity index (χ3n) is 6.09. The van der Waals surface area contributed by atoms with Crippen molar-refractivity contribution in [3.8, 4) is 5.75 Å². The van der Waals surface area contributed by atoms with Crippen molar-refractivity contribution < 1.29 is 4.74 Å². The highest BCUT2D eigenvalue weighted by Crippen LogP contribution is 2.32. The fourth-order valence-corrected chi connectivity index (χ4v) is 4.49. The van der Waals surface area contributed by atoms with Crippen LogP contribution in [0.5, 0.6) is 5.75 Å². The molecule has 0 radical (unpaired) electrons. The molecule has 4 aromatic rings. The average molecular weight is 424 g/mol. The topological polar surface area (TPSA) is 37.4 Å². The SMILES string of the molecule is c1ccc(COc2cccc(C(c3cnc4ccccc4c3)N3CCCNCC3)c2)cc1.